The molecule has 0 aliphatic carbocycles. The Morgan fingerprint density at radius 2 is 2.16 bits per heavy atom. The highest BCUT2D eigenvalue weighted by molar-refractivity contribution is 7.15. The van der Waals surface area contributed by atoms with Crippen molar-refractivity contribution >= 4 is 40.2 Å². The molecule has 0 saturated heterocycles. The van der Waals surface area contributed by atoms with Gasteiger partial charge in [-0.15, -0.1) is 10.2 Å². The zero-order chi connectivity index (χ0) is 17.8. The maximum Gasteiger partial charge on any atom is 0.247 e. The van der Waals surface area contributed by atoms with Crippen LogP contribution in [0.1, 0.15) is 16.3 Å². The van der Waals surface area contributed by atoms with Crippen molar-refractivity contribution in [2.24, 2.45) is 5.10 Å². The maximum absolute atomic E-state index is 11.8. The fourth-order valence-corrected chi connectivity index (χ4v) is 3.00. The minimum atomic E-state index is -0.323. The van der Waals surface area contributed by atoms with Gasteiger partial charge in [0.25, 0.3) is 0 Å². The minimum absolute atomic E-state index is 0.0577. The summed E-state index contributed by atoms with van der Waals surface area (Å²) in [5, 5.41) is 16.8. The number of anilines is 1. The van der Waals surface area contributed by atoms with Crippen LogP contribution in [-0.4, -0.2) is 32.1 Å². The van der Waals surface area contributed by atoms with Gasteiger partial charge in [0.2, 0.25) is 11.0 Å². The van der Waals surface area contributed by atoms with Crippen LogP contribution in [0.4, 0.5) is 5.13 Å². The minimum Gasteiger partial charge on any atom is -0.374 e. The van der Waals surface area contributed by atoms with Gasteiger partial charge in [0.05, 0.1) is 29.6 Å². The molecule has 2 heterocycles. The number of para-hydroxylation sites is 1. The van der Waals surface area contributed by atoms with E-state index in [9.17, 15) is 4.79 Å². The van der Waals surface area contributed by atoms with Crippen molar-refractivity contribution in [3.8, 4) is 5.69 Å². The van der Waals surface area contributed by atoms with E-state index in [4.69, 9.17) is 17.3 Å². The first kappa shape index (κ1) is 17.1. The number of nitrogens with one attached hydrogen (secondary N) is 1. The van der Waals surface area contributed by atoms with Crippen LogP contribution in [0.2, 0.25) is 5.15 Å². The van der Waals surface area contributed by atoms with E-state index >= 15 is 0 Å². The summed E-state index contributed by atoms with van der Waals surface area (Å²) in [6.45, 7) is 1.87. The molecule has 0 spiro atoms. The van der Waals surface area contributed by atoms with E-state index in [0.717, 1.165) is 22.7 Å². The fourth-order valence-electron chi connectivity index (χ4n) is 2.13. The van der Waals surface area contributed by atoms with E-state index in [1.54, 1.807) is 4.68 Å². The Labute approximate surface area is 152 Å². The van der Waals surface area contributed by atoms with Crippen molar-refractivity contribution in [1.29, 1.82) is 0 Å². The second kappa shape index (κ2) is 7.41. The number of hydrogen-bond acceptors (Lipinski definition) is 7. The number of nitrogens with zero attached hydrogens (tertiary/aromatic N) is 5. The SMILES string of the molecule is Cc1c(/C=N\NC(=O)Cc2nnc(N)s2)c(Cl)nn1-c1ccccc1. The van der Waals surface area contributed by atoms with Gasteiger partial charge in [-0.1, -0.05) is 41.1 Å². The van der Waals surface area contributed by atoms with Crippen LogP contribution < -0.4 is 11.2 Å². The predicted molar refractivity (Wildman–Crippen MR) is 97.1 cm³/mol. The van der Waals surface area contributed by atoms with E-state index < -0.39 is 0 Å². The van der Waals surface area contributed by atoms with E-state index in [0.29, 0.717) is 20.9 Å². The van der Waals surface area contributed by atoms with Crippen molar-refractivity contribution in [2.75, 3.05) is 5.73 Å². The number of carbonyl (C=O) groups is 1. The Morgan fingerprint density at radius 1 is 1.40 bits per heavy atom. The molecule has 0 aliphatic rings. The molecule has 8 nitrogen and oxygen atoms in total. The zero-order valence-electron chi connectivity index (χ0n) is 13.2. The molecule has 0 saturated carbocycles. The zero-order valence-corrected chi connectivity index (χ0v) is 14.8. The third-order valence-electron chi connectivity index (χ3n) is 3.30. The molecule has 3 rings (SSSR count). The average Bonchev–Trinajstić information content (AvgIpc) is 3.13. The molecule has 0 fully saturated rings. The van der Waals surface area contributed by atoms with Gasteiger partial charge in [0, 0.05) is 0 Å². The Bertz CT molecular complexity index is 919. The molecule has 1 amide bonds. The van der Waals surface area contributed by atoms with Crippen molar-refractivity contribution in [1.82, 2.24) is 25.4 Å². The number of aromatic nitrogens is 4. The number of nitrogen functional groups attached to an aromatic ring is 1. The first-order valence-corrected chi connectivity index (χ1v) is 8.44. The molecule has 10 heteroatoms. The number of halogens is 1. The Hall–Kier alpha value is -2.78. The molecule has 128 valence electrons. The Morgan fingerprint density at radius 3 is 2.84 bits per heavy atom. The molecule has 3 aromatic rings. The first-order chi connectivity index (χ1) is 12.0. The number of rotatable bonds is 5. The lowest BCUT2D eigenvalue weighted by molar-refractivity contribution is -0.120. The molecule has 2 aromatic heterocycles. The summed E-state index contributed by atoms with van der Waals surface area (Å²) in [5.41, 5.74) is 10.2. The highest BCUT2D eigenvalue weighted by Gasteiger charge is 2.13. The van der Waals surface area contributed by atoms with E-state index in [-0.39, 0.29) is 12.3 Å². The molecule has 0 atom stereocenters. The number of amides is 1. The summed E-state index contributed by atoms with van der Waals surface area (Å²) in [5.74, 6) is -0.323. The van der Waals surface area contributed by atoms with Gasteiger partial charge in [0.15, 0.2) is 5.15 Å². The molecule has 25 heavy (non-hydrogen) atoms. The largest absolute Gasteiger partial charge is 0.374 e. The van der Waals surface area contributed by atoms with Crippen molar-refractivity contribution in [3.63, 3.8) is 0 Å². The quantitative estimate of drug-likeness (QED) is 0.523. The molecule has 1 aromatic carbocycles. The van der Waals surface area contributed by atoms with Crippen molar-refractivity contribution < 1.29 is 4.79 Å². The van der Waals surface area contributed by atoms with Crippen LogP contribution in [-0.2, 0) is 11.2 Å². The van der Waals surface area contributed by atoms with Gasteiger partial charge >= 0.3 is 0 Å². The van der Waals surface area contributed by atoms with Crippen LogP contribution in [0.15, 0.2) is 35.4 Å². The average molecular weight is 376 g/mol. The van der Waals surface area contributed by atoms with Gasteiger partial charge in [-0.05, 0) is 19.1 Å². The monoisotopic (exact) mass is 375 g/mol. The third kappa shape index (κ3) is 4.01. The lowest BCUT2D eigenvalue weighted by Gasteiger charge is -2.03. The van der Waals surface area contributed by atoms with Crippen LogP contribution in [0.5, 0.6) is 0 Å². The predicted octanol–water partition coefficient (Wildman–Crippen LogP) is 1.96. The van der Waals surface area contributed by atoms with Gasteiger partial charge in [-0.3, -0.25) is 4.79 Å². The Balaban J connectivity index is 1.69. The van der Waals surface area contributed by atoms with Crippen LogP contribution in [0.25, 0.3) is 5.69 Å². The van der Waals surface area contributed by atoms with Gasteiger partial charge in [0.1, 0.15) is 5.01 Å². The van der Waals surface area contributed by atoms with Crippen LogP contribution in [0, 0.1) is 6.92 Å². The molecule has 0 radical (unpaired) electrons. The number of nitrogens with two attached hydrogens (primary N) is 1. The molecular weight excluding hydrogens is 362 g/mol. The van der Waals surface area contributed by atoms with Crippen LogP contribution in [0.3, 0.4) is 0 Å². The molecule has 0 bridgehead atoms. The summed E-state index contributed by atoms with van der Waals surface area (Å²) in [6, 6.07) is 9.60. The maximum atomic E-state index is 11.8. The van der Waals surface area contributed by atoms with E-state index in [2.05, 4.69) is 25.8 Å². The Kier molecular flexibility index (Phi) is 5.05. The van der Waals surface area contributed by atoms with Crippen molar-refractivity contribution in [3.05, 3.63) is 51.7 Å². The standard InChI is InChI=1S/C15H14ClN7OS/c1-9-11(14(16)22-23(9)10-5-3-2-4-6-10)8-18-19-12(24)7-13-20-21-15(17)25-13/h2-6,8H,7H2,1H3,(H2,17,21)(H,19,24)/b18-8-. The number of hydrogen-bond donors (Lipinski definition) is 2. The van der Waals surface area contributed by atoms with Crippen LogP contribution >= 0.6 is 22.9 Å². The topological polar surface area (TPSA) is 111 Å². The molecule has 0 aliphatic heterocycles. The summed E-state index contributed by atoms with van der Waals surface area (Å²) >= 11 is 7.34. The van der Waals surface area contributed by atoms with Crippen molar-refractivity contribution in [2.45, 2.75) is 13.3 Å². The smallest absolute Gasteiger partial charge is 0.247 e. The van der Waals surface area contributed by atoms with E-state index in [1.165, 1.54) is 6.21 Å². The molecule has 0 unspecified atom stereocenters. The number of hydrazone groups is 1. The normalized spacial score (nSPS) is 11.1. The highest BCUT2D eigenvalue weighted by Crippen LogP contribution is 2.20. The second-order valence-corrected chi connectivity index (χ2v) is 6.49. The first-order valence-electron chi connectivity index (χ1n) is 7.25. The highest BCUT2D eigenvalue weighted by atomic mass is 35.5. The third-order valence-corrected chi connectivity index (χ3v) is 4.33. The summed E-state index contributed by atoms with van der Waals surface area (Å²) in [7, 11) is 0. The summed E-state index contributed by atoms with van der Waals surface area (Å²) < 4.78 is 1.72. The fraction of sp³-hybridized carbons (Fsp3) is 0.133. The van der Waals surface area contributed by atoms with E-state index in [1.807, 2.05) is 37.3 Å². The number of carbonyl (C=O) groups excluding carboxylic acids is 1. The lowest BCUT2D eigenvalue weighted by atomic mass is 10.2. The lowest BCUT2D eigenvalue weighted by Crippen LogP contribution is -2.19. The van der Waals surface area contributed by atoms with Gasteiger partial charge < -0.3 is 5.73 Å². The van der Waals surface area contributed by atoms with Gasteiger partial charge in [-0.25, -0.2) is 10.1 Å². The molecule has 3 N–H and O–H groups in total. The van der Waals surface area contributed by atoms with Gasteiger partial charge in [-0.2, -0.15) is 10.2 Å². The second-order valence-electron chi connectivity index (χ2n) is 5.04. The summed E-state index contributed by atoms with van der Waals surface area (Å²) in [4.78, 5) is 11.8. The molecular formula is C15H14ClN7OS. The summed E-state index contributed by atoms with van der Waals surface area (Å²) in [6.07, 6.45) is 1.53. The number of benzene rings is 1.